The fraction of sp³-hybridized carbons (Fsp3) is 0.171. The van der Waals surface area contributed by atoms with Crippen LogP contribution in [0.4, 0.5) is 0 Å². The third kappa shape index (κ3) is 5.75. The minimum Gasteiger partial charge on any atom is -0.383 e. The van der Waals surface area contributed by atoms with Crippen molar-refractivity contribution in [3.63, 3.8) is 0 Å². The zero-order valence-electron chi connectivity index (χ0n) is 22.9. The number of carbonyl (C=O) groups excluding carboxylic acids is 2. The van der Waals surface area contributed by atoms with E-state index in [-0.39, 0.29) is 23.7 Å². The van der Waals surface area contributed by atoms with E-state index in [9.17, 15) is 14.7 Å². The molecule has 0 amide bonds. The topological polar surface area (TPSA) is 93.0 Å². The fourth-order valence-corrected chi connectivity index (χ4v) is 6.95. The van der Waals surface area contributed by atoms with Crippen LogP contribution in [0.5, 0.6) is 0 Å². The largest absolute Gasteiger partial charge is 0.383 e. The molecule has 6 rings (SSSR count). The first-order valence-corrected chi connectivity index (χ1v) is 15.5. The van der Waals surface area contributed by atoms with Gasteiger partial charge in [-0.15, -0.1) is 0 Å². The zero-order chi connectivity index (χ0) is 30.0. The number of hydrogen-bond donors (Lipinski definition) is 1. The summed E-state index contributed by atoms with van der Waals surface area (Å²) in [5.74, 6) is -3.58. The molecule has 3 heterocycles. The van der Waals surface area contributed by atoms with E-state index < -0.39 is 29.3 Å². The van der Waals surface area contributed by atoms with E-state index >= 15 is 0 Å². The molecule has 3 aromatic heterocycles. The Morgan fingerprint density at radius 3 is 1.67 bits per heavy atom. The van der Waals surface area contributed by atoms with Gasteiger partial charge >= 0.3 is 0 Å². The Kier molecular flexibility index (Phi) is 8.43. The van der Waals surface area contributed by atoms with Crippen molar-refractivity contribution in [1.82, 2.24) is 15.0 Å². The number of benzene rings is 2. The molecule has 1 aliphatic rings. The van der Waals surface area contributed by atoms with Gasteiger partial charge in [0.15, 0.2) is 11.6 Å². The fourth-order valence-electron chi connectivity index (χ4n) is 6.42. The summed E-state index contributed by atoms with van der Waals surface area (Å²) >= 11 is 7.05. The van der Waals surface area contributed by atoms with Crippen molar-refractivity contribution >= 4 is 43.4 Å². The van der Waals surface area contributed by atoms with Gasteiger partial charge < -0.3 is 5.11 Å². The van der Waals surface area contributed by atoms with Crippen molar-refractivity contribution in [2.24, 2.45) is 11.8 Å². The number of halogens is 2. The summed E-state index contributed by atoms with van der Waals surface area (Å²) in [6, 6.07) is 31.1. The highest BCUT2D eigenvalue weighted by Crippen LogP contribution is 2.58. The Balaban J connectivity index is 1.65. The summed E-state index contributed by atoms with van der Waals surface area (Å²) in [6.07, 6.45) is 4.86. The van der Waals surface area contributed by atoms with Gasteiger partial charge in [-0.3, -0.25) is 24.5 Å². The second-order valence-electron chi connectivity index (χ2n) is 10.7. The summed E-state index contributed by atoms with van der Waals surface area (Å²) in [7, 11) is 0. The van der Waals surface area contributed by atoms with Crippen LogP contribution in [0.25, 0.3) is 0 Å². The third-order valence-electron chi connectivity index (χ3n) is 8.31. The second kappa shape index (κ2) is 12.4. The summed E-state index contributed by atoms with van der Waals surface area (Å²) in [4.78, 5) is 42.7. The maximum Gasteiger partial charge on any atom is 0.188 e. The maximum absolute atomic E-state index is 14.6. The molecule has 5 aromatic rings. The van der Waals surface area contributed by atoms with Gasteiger partial charge in [0.1, 0.15) is 17.0 Å². The lowest BCUT2D eigenvalue weighted by molar-refractivity contribution is -0.0722. The lowest BCUT2D eigenvalue weighted by atomic mass is 9.53. The number of aliphatic hydroxyl groups is 1. The number of carbonyl (C=O) groups is 2. The third-order valence-corrected chi connectivity index (χ3v) is 9.36. The first-order chi connectivity index (χ1) is 20.9. The molecular weight excluding hydrogens is 670 g/mol. The van der Waals surface area contributed by atoms with Crippen LogP contribution in [0.2, 0.25) is 0 Å². The monoisotopic (exact) mass is 695 g/mol. The molecule has 43 heavy (non-hydrogen) atoms. The van der Waals surface area contributed by atoms with Crippen LogP contribution >= 0.6 is 31.9 Å². The van der Waals surface area contributed by atoms with Crippen molar-refractivity contribution in [2.45, 2.75) is 23.9 Å². The minimum atomic E-state index is -1.73. The van der Waals surface area contributed by atoms with Crippen LogP contribution in [0, 0.1) is 11.8 Å². The van der Waals surface area contributed by atoms with Crippen molar-refractivity contribution in [2.75, 3.05) is 0 Å². The molecule has 8 heteroatoms. The molecule has 0 bridgehead atoms. The minimum absolute atomic E-state index is 0.0884. The van der Waals surface area contributed by atoms with E-state index in [2.05, 4.69) is 46.8 Å². The molecule has 1 N–H and O–H groups in total. The second-order valence-corrected chi connectivity index (χ2v) is 12.6. The summed E-state index contributed by atoms with van der Waals surface area (Å²) in [5, 5.41) is 12.9. The van der Waals surface area contributed by atoms with Gasteiger partial charge in [0.25, 0.3) is 0 Å². The predicted molar refractivity (Wildman–Crippen MR) is 171 cm³/mol. The molecule has 2 aromatic carbocycles. The number of Topliss-reactive ketones (excluding diaryl/α,β-unsaturated/α-hetero) is 2. The molecule has 0 spiro atoms. The highest BCUT2D eigenvalue weighted by Gasteiger charge is 2.59. The van der Waals surface area contributed by atoms with E-state index in [1.807, 2.05) is 48.5 Å². The molecule has 1 aliphatic carbocycles. The molecule has 1 saturated carbocycles. The molecule has 0 unspecified atom stereocenters. The van der Waals surface area contributed by atoms with Gasteiger partial charge in [-0.25, -0.2) is 0 Å². The molecule has 6 nitrogen and oxygen atoms in total. The maximum atomic E-state index is 14.6. The van der Waals surface area contributed by atoms with E-state index in [0.717, 1.165) is 20.1 Å². The smallest absolute Gasteiger partial charge is 0.188 e. The number of aromatic nitrogens is 3. The number of rotatable bonds is 7. The van der Waals surface area contributed by atoms with Gasteiger partial charge in [-0.1, -0.05) is 74.3 Å². The van der Waals surface area contributed by atoms with Crippen molar-refractivity contribution in [3.05, 3.63) is 159 Å². The van der Waals surface area contributed by atoms with Crippen molar-refractivity contribution in [3.8, 4) is 0 Å². The molecule has 5 atom stereocenters. The van der Waals surface area contributed by atoms with E-state index in [4.69, 9.17) is 0 Å². The molecule has 214 valence electrons. The van der Waals surface area contributed by atoms with Gasteiger partial charge in [-0.2, -0.15) is 0 Å². The lowest BCUT2D eigenvalue weighted by Crippen LogP contribution is -2.54. The quantitative estimate of drug-likeness (QED) is 0.177. The number of hydrogen-bond acceptors (Lipinski definition) is 6. The van der Waals surface area contributed by atoms with Gasteiger partial charge in [0.05, 0.1) is 11.6 Å². The summed E-state index contributed by atoms with van der Waals surface area (Å²) in [5.41, 5.74) is 0.795. The predicted octanol–water partition coefficient (Wildman–Crippen LogP) is 7.55. The van der Waals surface area contributed by atoms with E-state index in [1.165, 1.54) is 0 Å². The van der Waals surface area contributed by atoms with Crippen LogP contribution in [0.1, 0.15) is 56.1 Å². The van der Waals surface area contributed by atoms with Crippen molar-refractivity contribution < 1.29 is 14.7 Å². The number of ketones is 2. The average molecular weight is 697 g/mol. The first kappa shape index (κ1) is 29.2. The molecule has 0 radical (unpaired) electrons. The SMILES string of the molecule is O=C(c1ccccn1)[C@H]1[C@@H](c2ccc(Br)cc2)[C@H](C(=O)c2ccccn2)[C@@](O)(c2ccccn2)C[C@H]1c1ccc(Br)cc1. The van der Waals surface area contributed by atoms with Crippen LogP contribution in [-0.4, -0.2) is 31.6 Å². The average Bonchev–Trinajstić information content (AvgIpc) is 3.05. The molecule has 1 fully saturated rings. The highest BCUT2D eigenvalue weighted by atomic mass is 79.9. The summed E-state index contributed by atoms with van der Waals surface area (Å²) in [6.45, 7) is 0. The van der Waals surface area contributed by atoms with Crippen molar-refractivity contribution in [1.29, 1.82) is 0 Å². The number of nitrogens with zero attached hydrogens (tertiary/aromatic N) is 3. The van der Waals surface area contributed by atoms with Crippen LogP contribution in [-0.2, 0) is 5.60 Å². The van der Waals surface area contributed by atoms with Crippen LogP contribution in [0.15, 0.2) is 131 Å². The Labute approximate surface area is 266 Å². The Hall–Kier alpha value is -3.85. The summed E-state index contributed by atoms with van der Waals surface area (Å²) < 4.78 is 1.75. The molecular formula is C35H27Br2N3O3. The van der Waals surface area contributed by atoms with Crippen LogP contribution < -0.4 is 0 Å². The molecule has 0 saturated heterocycles. The van der Waals surface area contributed by atoms with E-state index in [1.54, 1.807) is 73.2 Å². The van der Waals surface area contributed by atoms with Gasteiger partial charge in [0.2, 0.25) is 0 Å². The first-order valence-electron chi connectivity index (χ1n) is 13.9. The van der Waals surface area contributed by atoms with E-state index in [0.29, 0.717) is 11.4 Å². The Morgan fingerprint density at radius 1 is 0.651 bits per heavy atom. The number of pyridine rings is 3. The normalized spacial score (nSPS) is 23.4. The van der Waals surface area contributed by atoms with Gasteiger partial charge in [-0.05, 0) is 84.1 Å². The zero-order valence-corrected chi connectivity index (χ0v) is 26.1. The highest BCUT2D eigenvalue weighted by molar-refractivity contribution is 9.10. The lowest BCUT2D eigenvalue weighted by Gasteiger charge is -2.50. The van der Waals surface area contributed by atoms with Gasteiger partial charge in [0, 0.05) is 39.4 Å². The standard InChI is InChI=1S/C35H27Br2N3O3/c36-24-14-10-22(11-15-24)26-21-35(43,29-9-3-6-20-40-29)32(34(42)28-8-2-5-19-39-28)30(23-12-16-25(37)17-13-23)31(26)33(41)27-7-1-4-18-38-27/h1-20,26,30-32,43H,21H2/t26-,30+,31+,32+,35-/m0/s1. The van der Waals surface area contributed by atoms with Crippen LogP contribution in [0.3, 0.4) is 0 Å². The molecule has 0 aliphatic heterocycles. The Morgan fingerprint density at radius 2 is 1.16 bits per heavy atom. The Bertz CT molecular complexity index is 1720.